The van der Waals surface area contributed by atoms with Crippen LogP contribution in [0, 0.1) is 11.8 Å². The maximum Gasteiger partial charge on any atom is 0.244 e. The van der Waals surface area contributed by atoms with Crippen molar-refractivity contribution < 1.29 is 4.79 Å². The van der Waals surface area contributed by atoms with Gasteiger partial charge in [0.25, 0.3) is 0 Å². The molecule has 2 rings (SSSR count). The second-order valence-corrected chi connectivity index (χ2v) is 7.52. The number of rotatable bonds is 4. The Bertz CT molecular complexity index is 355. The molecule has 2 fully saturated rings. The van der Waals surface area contributed by atoms with E-state index >= 15 is 0 Å². The summed E-state index contributed by atoms with van der Waals surface area (Å²) in [5.74, 6) is 1.59. The molecule has 0 aromatic rings. The molecule has 1 aliphatic carbocycles. The minimum Gasteiger partial charge on any atom is -0.322 e. The third kappa shape index (κ3) is 2.88. The minimum absolute atomic E-state index is 0.234. The standard InChI is InChI=1S/C17H32N2O/c1-6-17(5)16(20)19(15(18-17)11-12(2)3)14-10-8-7-9-13(14)4/h12-15,18H,6-11H2,1-5H3. The Kier molecular flexibility index (Phi) is 4.78. The monoisotopic (exact) mass is 280 g/mol. The van der Waals surface area contributed by atoms with Crippen molar-refractivity contribution in [2.45, 2.75) is 90.9 Å². The molecule has 20 heavy (non-hydrogen) atoms. The Morgan fingerprint density at radius 1 is 1.35 bits per heavy atom. The summed E-state index contributed by atoms with van der Waals surface area (Å²) in [5, 5.41) is 3.64. The van der Waals surface area contributed by atoms with Gasteiger partial charge in [-0.25, -0.2) is 0 Å². The van der Waals surface area contributed by atoms with Crippen molar-refractivity contribution in [3.8, 4) is 0 Å². The fraction of sp³-hybridized carbons (Fsp3) is 0.941. The van der Waals surface area contributed by atoms with Gasteiger partial charge in [-0.3, -0.25) is 10.1 Å². The van der Waals surface area contributed by atoms with Gasteiger partial charge < -0.3 is 4.90 Å². The van der Waals surface area contributed by atoms with Crippen LogP contribution in [0.5, 0.6) is 0 Å². The van der Waals surface area contributed by atoms with Crippen molar-refractivity contribution in [3.63, 3.8) is 0 Å². The summed E-state index contributed by atoms with van der Waals surface area (Å²) in [6, 6.07) is 0.445. The highest BCUT2D eigenvalue weighted by Crippen LogP contribution is 2.36. The topological polar surface area (TPSA) is 32.3 Å². The van der Waals surface area contributed by atoms with Gasteiger partial charge in [-0.05, 0) is 44.4 Å². The number of amides is 1. The number of hydrogen-bond donors (Lipinski definition) is 1. The average Bonchev–Trinajstić information content (AvgIpc) is 2.63. The van der Waals surface area contributed by atoms with Crippen LogP contribution in [-0.2, 0) is 4.79 Å². The van der Waals surface area contributed by atoms with Crippen molar-refractivity contribution in [2.75, 3.05) is 0 Å². The molecule has 116 valence electrons. The summed E-state index contributed by atoms with van der Waals surface area (Å²) in [6.45, 7) is 11.0. The van der Waals surface area contributed by atoms with Crippen LogP contribution < -0.4 is 5.32 Å². The molecule has 1 amide bonds. The molecule has 3 nitrogen and oxygen atoms in total. The highest BCUT2D eigenvalue weighted by atomic mass is 16.2. The molecule has 0 bridgehead atoms. The van der Waals surface area contributed by atoms with Crippen LogP contribution in [0.15, 0.2) is 0 Å². The quantitative estimate of drug-likeness (QED) is 0.854. The molecule has 1 saturated carbocycles. The van der Waals surface area contributed by atoms with Crippen molar-refractivity contribution in [3.05, 3.63) is 0 Å². The van der Waals surface area contributed by atoms with Gasteiger partial charge >= 0.3 is 0 Å². The molecular weight excluding hydrogens is 248 g/mol. The van der Waals surface area contributed by atoms with Gasteiger partial charge in [-0.1, -0.05) is 40.5 Å². The summed E-state index contributed by atoms with van der Waals surface area (Å²) in [5.41, 5.74) is -0.350. The summed E-state index contributed by atoms with van der Waals surface area (Å²) in [4.78, 5) is 15.2. The number of carbonyl (C=O) groups is 1. The zero-order valence-corrected chi connectivity index (χ0v) is 13.9. The maximum absolute atomic E-state index is 13.0. The molecule has 4 unspecified atom stereocenters. The predicted molar refractivity (Wildman–Crippen MR) is 83.3 cm³/mol. The lowest BCUT2D eigenvalue weighted by atomic mass is 9.84. The van der Waals surface area contributed by atoms with Gasteiger partial charge in [0.1, 0.15) is 0 Å². The van der Waals surface area contributed by atoms with Crippen LogP contribution in [0.1, 0.15) is 73.1 Å². The molecule has 0 aromatic carbocycles. The SMILES string of the molecule is CCC1(C)NC(CC(C)C)N(C2CCCCC2C)C1=O. The van der Waals surface area contributed by atoms with Crippen molar-refractivity contribution in [2.24, 2.45) is 11.8 Å². The molecule has 0 radical (unpaired) electrons. The zero-order valence-electron chi connectivity index (χ0n) is 13.9. The maximum atomic E-state index is 13.0. The third-order valence-corrected chi connectivity index (χ3v) is 5.35. The highest BCUT2D eigenvalue weighted by molar-refractivity contribution is 5.88. The first-order valence-electron chi connectivity index (χ1n) is 8.49. The van der Waals surface area contributed by atoms with E-state index in [4.69, 9.17) is 0 Å². The fourth-order valence-corrected chi connectivity index (χ4v) is 3.89. The predicted octanol–water partition coefficient (Wildman–Crippen LogP) is 3.54. The Morgan fingerprint density at radius 3 is 2.55 bits per heavy atom. The first kappa shape index (κ1) is 15.8. The number of nitrogens with one attached hydrogen (secondary N) is 1. The van der Waals surface area contributed by atoms with Crippen molar-refractivity contribution >= 4 is 5.91 Å². The van der Waals surface area contributed by atoms with Gasteiger partial charge in [0.05, 0.1) is 11.7 Å². The van der Waals surface area contributed by atoms with E-state index < -0.39 is 0 Å². The molecule has 2 aliphatic rings. The molecule has 1 aliphatic heterocycles. The van der Waals surface area contributed by atoms with Crippen molar-refractivity contribution in [1.82, 2.24) is 10.2 Å². The lowest BCUT2D eigenvalue weighted by Gasteiger charge is -2.40. The van der Waals surface area contributed by atoms with Crippen molar-refractivity contribution in [1.29, 1.82) is 0 Å². The van der Waals surface area contributed by atoms with E-state index in [9.17, 15) is 4.79 Å². The van der Waals surface area contributed by atoms with Gasteiger partial charge in [-0.15, -0.1) is 0 Å². The van der Waals surface area contributed by atoms with E-state index in [1.807, 2.05) is 0 Å². The third-order valence-electron chi connectivity index (χ3n) is 5.35. The molecule has 0 aromatic heterocycles. The zero-order chi connectivity index (χ0) is 14.9. The summed E-state index contributed by atoms with van der Waals surface area (Å²) < 4.78 is 0. The normalized spacial score (nSPS) is 38.8. The fourth-order valence-electron chi connectivity index (χ4n) is 3.89. The molecule has 1 heterocycles. The van der Waals surface area contributed by atoms with Crippen LogP contribution in [0.2, 0.25) is 0 Å². The van der Waals surface area contributed by atoms with Gasteiger partial charge in [0.15, 0.2) is 0 Å². The average molecular weight is 280 g/mol. The number of nitrogens with zero attached hydrogens (tertiary/aromatic N) is 1. The first-order chi connectivity index (χ1) is 9.39. The second-order valence-electron chi connectivity index (χ2n) is 7.52. The van der Waals surface area contributed by atoms with Crippen LogP contribution in [0.4, 0.5) is 0 Å². The smallest absolute Gasteiger partial charge is 0.244 e. The molecule has 3 heteroatoms. The van der Waals surface area contributed by atoms with Crippen LogP contribution in [0.25, 0.3) is 0 Å². The Labute approximate surface area is 124 Å². The van der Waals surface area contributed by atoms with Crippen LogP contribution in [0.3, 0.4) is 0 Å². The van der Waals surface area contributed by atoms with Crippen LogP contribution in [-0.4, -0.2) is 28.6 Å². The van der Waals surface area contributed by atoms with E-state index in [-0.39, 0.29) is 11.7 Å². The van der Waals surface area contributed by atoms with Gasteiger partial charge in [0, 0.05) is 6.04 Å². The van der Waals surface area contributed by atoms with E-state index in [1.54, 1.807) is 0 Å². The summed E-state index contributed by atoms with van der Waals surface area (Å²) >= 11 is 0. The van der Waals surface area contributed by atoms with E-state index in [0.29, 0.717) is 23.8 Å². The van der Waals surface area contributed by atoms with Crippen LogP contribution >= 0.6 is 0 Å². The summed E-state index contributed by atoms with van der Waals surface area (Å²) in [6.07, 6.45) is 7.22. The Morgan fingerprint density at radius 2 is 2.00 bits per heavy atom. The number of carbonyl (C=O) groups excluding carboxylic acids is 1. The largest absolute Gasteiger partial charge is 0.322 e. The lowest BCUT2D eigenvalue weighted by molar-refractivity contribution is -0.137. The molecule has 1 saturated heterocycles. The molecule has 0 spiro atoms. The van der Waals surface area contributed by atoms with Gasteiger partial charge in [0.2, 0.25) is 5.91 Å². The minimum atomic E-state index is -0.350. The molecule has 4 atom stereocenters. The first-order valence-corrected chi connectivity index (χ1v) is 8.49. The van der Waals surface area contributed by atoms with Gasteiger partial charge in [-0.2, -0.15) is 0 Å². The Hall–Kier alpha value is -0.570. The molecule has 1 N–H and O–H groups in total. The lowest BCUT2D eigenvalue weighted by Crippen LogP contribution is -2.49. The Balaban J connectivity index is 2.23. The summed E-state index contributed by atoms with van der Waals surface area (Å²) in [7, 11) is 0. The molecular formula is C17H32N2O. The second kappa shape index (κ2) is 6.05. The highest BCUT2D eigenvalue weighted by Gasteiger charge is 2.50. The van der Waals surface area contributed by atoms with E-state index in [0.717, 1.165) is 12.8 Å². The van der Waals surface area contributed by atoms with E-state index in [1.165, 1.54) is 25.7 Å². The van der Waals surface area contributed by atoms with E-state index in [2.05, 4.69) is 44.8 Å². The number of hydrogen-bond acceptors (Lipinski definition) is 2.